The fourth-order valence-electron chi connectivity index (χ4n) is 1.10. The maximum absolute atomic E-state index is 10.8. The van der Waals surface area contributed by atoms with Gasteiger partial charge in [0.2, 0.25) is 5.79 Å². The molecule has 1 rings (SSSR count). The van der Waals surface area contributed by atoms with Gasteiger partial charge in [-0.25, -0.2) is 10.0 Å². The van der Waals surface area contributed by atoms with Crippen LogP contribution in [0.3, 0.4) is 0 Å². The zero-order chi connectivity index (χ0) is 10.8. The van der Waals surface area contributed by atoms with Crippen LogP contribution in [-0.4, -0.2) is 55.2 Å². The Morgan fingerprint density at radius 3 is 2.36 bits per heavy atom. The average molecular weight is 202 g/mol. The largest absolute Gasteiger partial charge is 0.255 e. The SMILES string of the molecule is CNN(C)C(C)(N=O)NN(C)N1CC1. The van der Waals surface area contributed by atoms with Gasteiger partial charge in [0.1, 0.15) is 0 Å². The van der Waals surface area contributed by atoms with Crippen molar-refractivity contribution in [1.82, 2.24) is 26.0 Å². The Morgan fingerprint density at radius 2 is 2.00 bits per heavy atom. The Hall–Kier alpha value is -0.600. The van der Waals surface area contributed by atoms with Crippen LogP contribution in [0, 0.1) is 4.91 Å². The molecule has 0 aromatic rings. The molecule has 7 heteroatoms. The molecule has 1 atom stereocenters. The van der Waals surface area contributed by atoms with Crippen LogP contribution in [0.15, 0.2) is 5.18 Å². The lowest BCUT2D eigenvalue weighted by atomic mass is 10.4. The Bertz CT molecular complexity index is 208. The lowest BCUT2D eigenvalue weighted by Crippen LogP contribution is -2.62. The summed E-state index contributed by atoms with van der Waals surface area (Å²) in [5, 5.41) is 8.52. The zero-order valence-corrected chi connectivity index (χ0v) is 9.11. The Morgan fingerprint density at radius 1 is 1.43 bits per heavy atom. The highest BCUT2D eigenvalue weighted by Gasteiger charge is 2.34. The van der Waals surface area contributed by atoms with Crippen molar-refractivity contribution in [2.45, 2.75) is 12.7 Å². The highest BCUT2D eigenvalue weighted by Crippen LogP contribution is 2.12. The summed E-state index contributed by atoms with van der Waals surface area (Å²) in [7, 11) is 5.35. The Labute approximate surface area is 83.9 Å². The molecule has 0 spiro atoms. The fourth-order valence-corrected chi connectivity index (χ4v) is 1.10. The van der Waals surface area contributed by atoms with Gasteiger partial charge in [-0.05, 0) is 19.1 Å². The first kappa shape index (κ1) is 11.5. The molecule has 7 nitrogen and oxygen atoms in total. The Kier molecular flexibility index (Phi) is 3.51. The lowest BCUT2D eigenvalue weighted by Gasteiger charge is -2.35. The van der Waals surface area contributed by atoms with E-state index >= 15 is 0 Å². The molecular formula is C7H18N6O. The summed E-state index contributed by atoms with van der Waals surface area (Å²) in [6.07, 6.45) is 0. The van der Waals surface area contributed by atoms with E-state index in [1.807, 2.05) is 12.1 Å². The molecule has 82 valence electrons. The number of hydrogen-bond donors (Lipinski definition) is 2. The number of nitrogens with zero attached hydrogens (tertiary/aromatic N) is 4. The molecular weight excluding hydrogens is 184 g/mol. The van der Waals surface area contributed by atoms with Crippen molar-refractivity contribution in [3.63, 3.8) is 0 Å². The van der Waals surface area contributed by atoms with Gasteiger partial charge in [0.15, 0.2) is 0 Å². The standard InChI is InChI=1S/C7H18N6O/c1-7(10-14,11(3)8-2)9-12(4)13-5-6-13/h8-9H,5-6H2,1-4H3. The van der Waals surface area contributed by atoms with Crippen LogP contribution in [0.5, 0.6) is 0 Å². The molecule has 0 amide bonds. The van der Waals surface area contributed by atoms with Gasteiger partial charge in [0.05, 0.1) is 0 Å². The van der Waals surface area contributed by atoms with E-state index in [4.69, 9.17) is 0 Å². The molecule has 14 heavy (non-hydrogen) atoms. The van der Waals surface area contributed by atoms with Crippen molar-refractivity contribution in [3.05, 3.63) is 4.91 Å². The minimum absolute atomic E-state index is 0.980. The predicted octanol–water partition coefficient (Wildman–Crippen LogP) is -0.840. The first-order chi connectivity index (χ1) is 6.53. The molecule has 0 radical (unpaired) electrons. The zero-order valence-electron chi connectivity index (χ0n) is 9.11. The van der Waals surface area contributed by atoms with E-state index in [2.05, 4.69) is 16.0 Å². The number of hydrogen-bond acceptors (Lipinski definition) is 7. The van der Waals surface area contributed by atoms with E-state index in [0.717, 1.165) is 13.1 Å². The molecule has 0 aromatic heterocycles. The maximum Gasteiger partial charge on any atom is 0.231 e. The van der Waals surface area contributed by atoms with Gasteiger partial charge >= 0.3 is 0 Å². The molecule has 1 saturated heterocycles. The summed E-state index contributed by atoms with van der Waals surface area (Å²) in [6.45, 7) is 3.74. The quantitative estimate of drug-likeness (QED) is 0.253. The minimum atomic E-state index is -0.980. The number of hydrazine groups is 3. The first-order valence-corrected chi connectivity index (χ1v) is 4.55. The summed E-state index contributed by atoms with van der Waals surface area (Å²) >= 11 is 0. The average Bonchev–Trinajstić information content (AvgIpc) is 2.99. The third-order valence-corrected chi connectivity index (χ3v) is 2.39. The van der Waals surface area contributed by atoms with Crippen LogP contribution >= 0.6 is 0 Å². The highest BCUT2D eigenvalue weighted by atomic mass is 16.3. The molecule has 0 aliphatic carbocycles. The van der Waals surface area contributed by atoms with Gasteiger partial charge in [-0.15, -0.1) is 4.91 Å². The summed E-state index contributed by atoms with van der Waals surface area (Å²) in [4.78, 5) is 10.8. The maximum atomic E-state index is 10.8. The monoisotopic (exact) mass is 202 g/mol. The third kappa shape index (κ3) is 2.46. The second-order valence-electron chi connectivity index (χ2n) is 3.48. The van der Waals surface area contributed by atoms with Crippen molar-refractivity contribution < 1.29 is 0 Å². The number of nitrogens with one attached hydrogen (secondary N) is 2. The molecule has 2 N–H and O–H groups in total. The van der Waals surface area contributed by atoms with E-state index in [0.29, 0.717) is 0 Å². The molecule has 1 unspecified atom stereocenters. The van der Waals surface area contributed by atoms with Crippen LogP contribution in [0.1, 0.15) is 6.92 Å². The van der Waals surface area contributed by atoms with Crippen LogP contribution in [0.25, 0.3) is 0 Å². The second kappa shape index (κ2) is 4.28. The van der Waals surface area contributed by atoms with Gasteiger partial charge in [0, 0.05) is 27.2 Å². The molecule has 1 aliphatic heterocycles. The minimum Gasteiger partial charge on any atom is -0.255 e. The van der Waals surface area contributed by atoms with Crippen LogP contribution in [0.2, 0.25) is 0 Å². The van der Waals surface area contributed by atoms with E-state index < -0.39 is 5.79 Å². The van der Waals surface area contributed by atoms with Crippen LogP contribution in [-0.2, 0) is 0 Å². The Balaban J connectivity index is 2.54. The van der Waals surface area contributed by atoms with Gasteiger partial charge in [0.25, 0.3) is 0 Å². The van der Waals surface area contributed by atoms with E-state index in [1.54, 1.807) is 31.1 Å². The van der Waals surface area contributed by atoms with Crippen molar-refractivity contribution in [2.24, 2.45) is 5.18 Å². The van der Waals surface area contributed by atoms with Crippen LogP contribution in [0.4, 0.5) is 0 Å². The van der Waals surface area contributed by atoms with E-state index in [1.165, 1.54) is 0 Å². The van der Waals surface area contributed by atoms with Crippen LogP contribution < -0.4 is 10.9 Å². The smallest absolute Gasteiger partial charge is 0.231 e. The van der Waals surface area contributed by atoms with E-state index in [9.17, 15) is 4.91 Å². The lowest BCUT2D eigenvalue weighted by molar-refractivity contribution is -0.0600. The summed E-state index contributed by atoms with van der Waals surface area (Å²) in [6, 6.07) is 0. The van der Waals surface area contributed by atoms with Crippen molar-refractivity contribution in [3.8, 4) is 0 Å². The van der Waals surface area contributed by atoms with E-state index in [-0.39, 0.29) is 0 Å². The highest BCUT2D eigenvalue weighted by molar-refractivity contribution is 4.76. The van der Waals surface area contributed by atoms with Crippen molar-refractivity contribution in [1.29, 1.82) is 0 Å². The molecule has 1 aliphatic rings. The van der Waals surface area contributed by atoms with Crippen molar-refractivity contribution in [2.75, 3.05) is 34.2 Å². The topological polar surface area (TPSA) is 63.0 Å². The van der Waals surface area contributed by atoms with Gasteiger partial charge in [-0.3, -0.25) is 5.43 Å². The number of nitroso groups, excluding NO2 is 1. The van der Waals surface area contributed by atoms with Gasteiger partial charge in [-0.1, -0.05) is 0 Å². The molecule has 1 fully saturated rings. The third-order valence-electron chi connectivity index (χ3n) is 2.39. The molecule has 0 bridgehead atoms. The molecule has 0 aromatic carbocycles. The summed E-state index contributed by atoms with van der Waals surface area (Å²) < 4.78 is 0. The van der Waals surface area contributed by atoms with Crippen molar-refractivity contribution >= 4 is 0 Å². The van der Waals surface area contributed by atoms with Gasteiger partial charge in [-0.2, -0.15) is 10.5 Å². The number of rotatable bonds is 6. The second-order valence-corrected chi connectivity index (χ2v) is 3.48. The normalized spacial score (nSPS) is 21.3. The summed E-state index contributed by atoms with van der Waals surface area (Å²) in [5.41, 5.74) is 5.85. The first-order valence-electron chi connectivity index (χ1n) is 4.55. The molecule has 1 heterocycles. The predicted molar refractivity (Wildman–Crippen MR) is 53.5 cm³/mol. The fraction of sp³-hybridized carbons (Fsp3) is 1.00. The van der Waals surface area contributed by atoms with Gasteiger partial charge < -0.3 is 0 Å². The molecule has 0 saturated carbocycles. The summed E-state index contributed by atoms with van der Waals surface area (Å²) in [5.74, 6) is -0.980.